The summed E-state index contributed by atoms with van der Waals surface area (Å²) >= 11 is 1.53. The minimum Gasteiger partial charge on any atom is -0.383 e. The van der Waals surface area contributed by atoms with Crippen LogP contribution in [0.25, 0.3) is 21.2 Å². The third-order valence-electron chi connectivity index (χ3n) is 2.95. The van der Waals surface area contributed by atoms with Crippen LogP contribution >= 0.6 is 11.5 Å². The van der Waals surface area contributed by atoms with Gasteiger partial charge in [-0.25, -0.2) is 0 Å². The minimum absolute atomic E-state index is 0.685. The van der Waals surface area contributed by atoms with E-state index in [0.29, 0.717) is 5.82 Å². The van der Waals surface area contributed by atoms with Crippen LogP contribution in [0.3, 0.4) is 0 Å². The lowest BCUT2D eigenvalue weighted by Crippen LogP contribution is -1.97. The molecule has 0 amide bonds. The molecule has 2 heterocycles. The Morgan fingerprint density at radius 2 is 2.18 bits per heavy atom. The van der Waals surface area contributed by atoms with Crippen LogP contribution in [0.2, 0.25) is 0 Å². The summed E-state index contributed by atoms with van der Waals surface area (Å²) in [6, 6.07) is 6.27. The van der Waals surface area contributed by atoms with Gasteiger partial charge in [0.05, 0.1) is 16.6 Å². The van der Waals surface area contributed by atoms with Gasteiger partial charge < -0.3 is 5.73 Å². The molecule has 0 radical (unpaired) electrons. The second-order valence-electron chi connectivity index (χ2n) is 4.05. The summed E-state index contributed by atoms with van der Waals surface area (Å²) in [6.07, 6.45) is 1.80. The van der Waals surface area contributed by atoms with Crippen molar-refractivity contribution < 1.29 is 0 Å². The van der Waals surface area contributed by atoms with Crippen molar-refractivity contribution in [2.45, 2.75) is 6.92 Å². The summed E-state index contributed by atoms with van der Waals surface area (Å²) in [4.78, 5) is 0. The lowest BCUT2D eigenvalue weighted by Gasteiger charge is -2.01. The summed E-state index contributed by atoms with van der Waals surface area (Å²) in [5, 5.41) is 5.35. The smallest absolute Gasteiger partial charge is 0.129 e. The van der Waals surface area contributed by atoms with E-state index in [1.165, 1.54) is 21.6 Å². The van der Waals surface area contributed by atoms with Gasteiger partial charge >= 0.3 is 0 Å². The average molecular weight is 244 g/mol. The van der Waals surface area contributed by atoms with Gasteiger partial charge in [-0.1, -0.05) is 6.07 Å². The van der Waals surface area contributed by atoms with Crippen molar-refractivity contribution in [1.82, 2.24) is 14.2 Å². The summed E-state index contributed by atoms with van der Waals surface area (Å²) in [7, 11) is 1.84. The number of fused-ring (bicyclic) bond motifs is 1. The number of benzene rings is 1. The molecule has 0 fully saturated rings. The lowest BCUT2D eigenvalue weighted by molar-refractivity contribution is 0.779. The lowest BCUT2D eigenvalue weighted by atomic mass is 10.1. The zero-order valence-corrected chi connectivity index (χ0v) is 10.5. The fourth-order valence-corrected chi connectivity index (χ4v) is 2.66. The largest absolute Gasteiger partial charge is 0.383 e. The number of aryl methyl sites for hydroxylation is 2. The second-order valence-corrected chi connectivity index (χ2v) is 4.85. The fraction of sp³-hybridized carbons (Fsp3) is 0.167. The molecule has 0 bridgehead atoms. The Kier molecular flexibility index (Phi) is 2.16. The quantitative estimate of drug-likeness (QED) is 0.715. The molecule has 0 atom stereocenters. The molecular weight excluding hydrogens is 232 g/mol. The van der Waals surface area contributed by atoms with E-state index in [-0.39, 0.29) is 0 Å². The van der Waals surface area contributed by atoms with Crippen molar-refractivity contribution in [3.63, 3.8) is 0 Å². The molecule has 0 spiro atoms. The first-order chi connectivity index (χ1) is 8.16. The highest BCUT2D eigenvalue weighted by atomic mass is 32.1. The molecule has 0 saturated heterocycles. The molecule has 86 valence electrons. The van der Waals surface area contributed by atoms with Crippen LogP contribution in [0.4, 0.5) is 5.82 Å². The van der Waals surface area contributed by atoms with Crippen molar-refractivity contribution in [3.05, 3.63) is 30.1 Å². The van der Waals surface area contributed by atoms with Crippen LogP contribution in [0, 0.1) is 6.92 Å². The van der Waals surface area contributed by atoms with Gasteiger partial charge in [-0.2, -0.15) is 9.47 Å². The Morgan fingerprint density at radius 3 is 2.88 bits per heavy atom. The summed E-state index contributed by atoms with van der Waals surface area (Å²) < 4.78 is 7.23. The fourth-order valence-electron chi connectivity index (χ4n) is 1.90. The van der Waals surface area contributed by atoms with E-state index in [1.807, 2.05) is 14.0 Å². The molecule has 3 rings (SSSR count). The number of hydrogen-bond acceptors (Lipinski definition) is 4. The molecular formula is C12H12N4S. The molecule has 4 nitrogen and oxygen atoms in total. The number of aromatic nitrogens is 3. The van der Waals surface area contributed by atoms with E-state index in [0.717, 1.165) is 16.8 Å². The van der Waals surface area contributed by atoms with Gasteiger partial charge in [0.25, 0.3) is 0 Å². The van der Waals surface area contributed by atoms with Crippen LogP contribution in [0.15, 0.2) is 24.4 Å². The SMILES string of the molecule is Cc1nsc2ccc(-c3cnn(C)c3N)cc12. The van der Waals surface area contributed by atoms with E-state index in [1.54, 1.807) is 10.9 Å². The standard InChI is InChI=1S/C12H12N4S/c1-7-9-5-8(3-4-11(9)17-15-7)10-6-14-16(2)12(10)13/h3-6H,13H2,1-2H3. The maximum atomic E-state index is 5.98. The number of nitrogens with zero attached hydrogens (tertiary/aromatic N) is 3. The van der Waals surface area contributed by atoms with Gasteiger partial charge in [0, 0.05) is 18.0 Å². The van der Waals surface area contributed by atoms with Gasteiger partial charge in [-0.15, -0.1) is 0 Å². The Balaban J connectivity index is 2.24. The Morgan fingerprint density at radius 1 is 1.35 bits per heavy atom. The van der Waals surface area contributed by atoms with Crippen LogP contribution in [-0.2, 0) is 7.05 Å². The van der Waals surface area contributed by atoms with E-state index < -0.39 is 0 Å². The third kappa shape index (κ3) is 1.51. The van der Waals surface area contributed by atoms with Crippen molar-refractivity contribution in [2.75, 3.05) is 5.73 Å². The molecule has 2 N–H and O–H groups in total. The number of rotatable bonds is 1. The number of nitrogen functional groups attached to an aromatic ring is 1. The van der Waals surface area contributed by atoms with E-state index in [4.69, 9.17) is 5.73 Å². The van der Waals surface area contributed by atoms with Crippen LogP contribution in [0.1, 0.15) is 5.69 Å². The van der Waals surface area contributed by atoms with Crippen molar-refractivity contribution >= 4 is 27.4 Å². The first kappa shape index (κ1) is 10.3. The zero-order valence-electron chi connectivity index (χ0n) is 9.64. The van der Waals surface area contributed by atoms with Crippen LogP contribution in [0.5, 0.6) is 0 Å². The topological polar surface area (TPSA) is 56.7 Å². The molecule has 17 heavy (non-hydrogen) atoms. The molecule has 3 aromatic rings. The van der Waals surface area contributed by atoms with Crippen molar-refractivity contribution in [2.24, 2.45) is 7.05 Å². The maximum Gasteiger partial charge on any atom is 0.129 e. The number of hydrogen-bond donors (Lipinski definition) is 1. The van der Waals surface area contributed by atoms with E-state index >= 15 is 0 Å². The van der Waals surface area contributed by atoms with Crippen LogP contribution < -0.4 is 5.73 Å². The first-order valence-electron chi connectivity index (χ1n) is 5.30. The predicted octanol–water partition coefficient (Wildman–Crippen LogP) is 2.59. The van der Waals surface area contributed by atoms with Crippen LogP contribution in [-0.4, -0.2) is 14.2 Å². The molecule has 1 aromatic carbocycles. The Bertz CT molecular complexity index is 696. The highest BCUT2D eigenvalue weighted by Gasteiger charge is 2.09. The Labute approximate surface area is 103 Å². The first-order valence-corrected chi connectivity index (χ1v) is 6.08. The summed E-state index contributed by atoms with van der Waals surface area (Å²) in [6.45, 7) is 2.02. The molecule has 0 aliphatic carbocycles. The number of anilines is 1. The normalized spacial score (nSPS) is 11.2. The zero-order chi connectivity index (χ0) is 12.0. The van der Waals surface area contributed by atoms with Gasteiger partial charge in [-0.3, -0.25) is 4.68 Å². The van der Waals surface area contributed by atoms with Gasteiger partial charge in [0.1, 0.15) is 5.82 Å². The van der Waals surface area contributed by atoms with Crippen molar-refractivity contribution in [3.8, 4) is 11.1 Å². The van der Waals surface area contributed by atoms with Gasteiger partial charge in [0.2, 0.25) is 0 Å². The highest BCUT2D eigenvalue weighted by Crippen LogP contribution is 2.30. The molecule has 5 heteroatoms. The monoisotopic (exact) mass is 244 g/mol. The Hall–Kier alpha value is -1.88. The second kappa shape index (κ2) is 3.56. The van der Waals surface area contributed by atoms with E-state index in [9.17, 15) is 0 Å². The predicted molar refractivity (Wildman–Crippen MR) is 71.0 cm³/mol. The molecule has 0 saturated carbocycles. The van der Waals surface area contributed by atoms with Gasteiger partial charge in [0.15, 0.2) is 0 Å². The van der Waals surface area contributed by atoms with Crippen molar-refractivity contribution in [1.29, 1.82) is 0 Å². The molecule has 0 aliphatic heterocycles. The third-order valence-corrected chi connectivity index (χ3v) is 3.86. The summed E-state index contributed by atoms with van der Waals surface area (Å²) in [5.74, 6) is 0.685. The molecule has 0 aliphatic rings. The van der Waals surface area contributed by atoms with E-state index in [2.05, 4.69) is 27.7 Å². The highest BCUT2D eigenvalue weighted by molar-refractivity contribution is 7.13. The summed E-state index contributed by atoms with van der Waals surface area (Å²) in [5.41, 5.74) is 9.11. The number of nitrogens with two attached hydrogens (primary N) is 1. The molecule has 2 aromatic heterocycles. The molecule has 0 unspecified atom stereocenters. The minimum atomic E-state index is 0.685. The maximum absolute atomic E-state index is 5.98. The van der Waals surface area contributed by atoms with Gasteiger partial charge in [-0.05, 0) is 36.2 Å². The average Bonchev–Trinajstić information content (AvgIpc) is 2.85.